The summed E-state index contributed by atoms with van der Waals surface area (Å²) in [6, 6.07) is 0. The summed E-state index contributed by atoms with van der Waals surface area (Å²) in [4.78, 5) is 0. The summed E-state index contributed by atoms with van der Waals surface area (Å²) in [5, 5.41) is 69.1. The molecule has 0 bridgehead atoms. The van der Waals surface area contributed by atoms with Gasteiger partial charge < -0.3 is 50.0 Å². The second-order valence-electron chi connectivity index (χ2n) is 8.11. The Balaban J connectivity index is 2.11. The van der Waals surface area contributed by atoms with E-state index in [9.17, 15) is 35.7 Å². The molecule has 0 radical (unpaired) electrons. The average Bonchev–Trinajstić information content (AvgIpc) is 2.56. The van der Waals surface area contributed by atoms with Crippen LogP contribution in [0.4, 0.5) is 0 Å². The smallest absolute Gasteiger partial charge is 0.189 e. The van der Waals surface area contributed by atoms with E-state index in [0.717, 1.165) is 0 Å². The Kier molecular flexibility index (Phi) is 7.00. The van der Waals surface area contributed by atoms with E-state index in [1.54, 1.807) is 0 Å². The van der Waals surface area contributed by atoms with Crippen LogP contribution in [0.2, 0.25) is 0 Å². The lowest BCUT2D eigenvalue weighted by Crippen LogP contribution is -2.63. The molecule has 26 heavy (non-hydrogen) atoms. The van der Waals surface area contributed by atoms with Gasteiger partial charge in [-0.1, -0.05) is 20.8 Å². The lowest BCUT2D eigenvalue weighted by atomic mass is 9.84. The maximum Gasteiger partial charge on any atom is 0.189 e. The zero-order valence-electron chi connectivity index (χ0n) is 15.0. The first-order valence-electron chi connectivity index (χ1n) is 8.62. The van der Waals surface area contributed by atoms with Gasteiger partial charge in [-0.2, -0.15) is 0 Å². The first kappa shape index (κ1) is 21.9. The van der Waals surface area contributed by atoms with Crippen molar-refractivity contribution in [2.24, 2.45) is 5.41 Å². The largest absolute Gasteiger partial charge is 0.394 e. The molecule has 2 aliphatic rings. The minimum atomic E-state index is -1.67. The second kappa shape index (κ2) is 8.31. The third-order valence-corrected chi connectivity index (χ3v) is 4.60. The molecule has 0 spiro atoms. The second-order valence-corrected chi connectivity index (χ2v) is 8.11. The van der Waals surface area contributed by atoms with Crippen molar-refractivity contribution < 1.29 is 50.0 Å². The Morgan fingerprint density at radius 3 is 1.54 bits per heavy atom. The molecule has 0 saturated carbocycles. The molecule has 2 saturated heterocycles. The van der Waals surface area contributed by atoms with Crippen molar-refractivity contribution >= 4 is 0 Å². The predicted molar refractivity (Wildman–Crippen MR) is 85.6 cm³/mol. The van der Waals surface area contributed by atoms with Crippen LogP contribution in [0.25, 0.3) is 0 Å². The van der Waals surface area contributed by atoms with Gasteiger partial charge in [0.25, 0.3) is 0 Å². The SMILES string of the molecule is CC(C)(C)C[C@H]1O[C@H](O[C@H]2O[C@H](CO)[C@@H](O)[C@H](O)[C@H]2O)[C@H](O)[C@@H](O)[C@@H]1O. The van der Waals surface area contributed by atoms with E-state index in [1.807, 2.05) is 20.8 Å². The van der Waals surface area contributed by atoms with Gasteiger partial charge in [0.1, 0.15) is 42.7 Å². The molecule has 154 valence electrons. The first-order valence-corrected chi connectivity index (χ1v) is 8.62. The van der Waals surface area contributed by atoms with Gasteiger partial charge in [-0.3, -0.25) is 0 Å². The van der Waals surface area contributed by atoms with Crippen molar-refractivity contribution in [1.29, 1.82) is 0 Å². The van der Waals surface area contributed by atoms with Crippen LogP contribution in [-0.2, 0) is 14.2 Å². The fourth-order valence-electron chi connectivity index (χ4n) is 3.11. The predicted octanol–water partition coefficient (Wildman–Crippen LogP) is -2.95. The molecule has 2 aliphatic heterocycles. The molecule has 0 aliphatic carbocycles. The van der Waals surface area contributed by atoms with E-state index in [1.165, 1.54) is 0 Å². The molecule has 0 aromatic heterocycles. The topological polar surface area (TPSA) is 169 Å². The van der Waals surface area contributed by atoms with Gasteiger partial charge in [-0.15, -0.1) is 0 Å². The highest BCUT2D eigenvalue weighted by atomic mass is 16.8. The van der Waals surface area contributed by atoms with Gasteiger partial charge in [-0.05, 0) is 11.8 Å². The molecule has 10 heteroatoms. The van der Waals surface area contributed by atoms with Gasteiger partial charge in [0.05, 0.1) is 12.7 Å². The van der Waals surface area contributed by atoms with Crippen molar-refractivity contribution in [3.63, 3.8) is 0 Å². The summed E-state index contributed by atoms with van der Waals surface area (Å²) in [5.41, 5.74) is -0.249. The third-order valence-electron chi connectivity index (χ3n) is 4.60. The monoisotopic (exact) mass is 382 g/mol. The lowest BCUT2D eigenvalue weighted by molar-refractivity contribution is -0.376. The maximum atomic E-state index is 10.1. The molecule has 0 aromatic rings. The highest BCUT2D eigenvalue weighted by Gasteiger charge is 2.50. The van der Waals surface area contributed by atoms with E-state index in [-0.39, 0.29) is 5.41 Å². The fraction of sp³-hybridized carbons (Fsp3) is 1.00. The first-order chi connectivity index (χ1) is 12.0. The van der Waals surface area contributed by atoms with Crippen LogP contribution in [0.15, 0.2) is 0 Å². The molecule has 2 fully saturated rings. The summed E-state index contributed by atoms with van der Waals surface area (Å²) >= 11 is 0. The molecule has 10 nitrogen and oxygen atoms in total. The van der Waals surface area contributed by atoms with Crippen LogP contribution in [-0.4, -0.2) is 104 Å². The minimum Gasteiger partial charge on any atom is -0.394 e. The van der Waals surface area contributed by atoms with Crippen LogP contribution in [0, 0.1) is 5.41 Å². The Morgan fingerprint density at radius 2 is 1.12 bits per heavy atom. The number of rotatable bonds is 4. The van der Waals surface area contributed by atoms with E-state index in [2.05, 4.69) is 0 Å². The van der Waals surface area contributed by atoms with Gasteiger partial charge >= 0.3 is 0 Å². The van der Waals surface area contributed by atoms with Gasteiger partial charge in [-0.25, -0.2) is 0 Å². The van der Waals surface area contributed by atoms with Gasteiger partial charge in [0.15, 0.2) is 12.6 Å². The maximum absolute atomic E-state index is 10.1. The van der Waals surface area contributed by atoms with E-state index in [4.69, 9.17) is 14.2 Å². The molecule has 0 amide bonds. The molecule has 2 rings (SSSR count). The quantitative estimate of drug-likeness (QED) is 0.267. The summed E-state index contributed by atoms with van der Waals surface area (Å²) in [5.74, 6) is 0. The molecule has 10 atom stereocenters. The minimum absolute atomic E-state index is 0.249. The van der Waals surface area contributed by atoms with E-state index in [0.29, 0.717) is 6.42 Å². The van der Waals surface area contributed by atoms with Crippen molar-refractivity contribution in [2.45, 2.75) is 88.6 Å². The van der Waals surface area contributed by atoms with Crippen molar-refractivity contribution in [3.05, 3.63) is 0 Å². The standard InChI is InChI=1S/C16H30O10/c1-16(2,3)4-6-8(18)10(20)12(22)14(24-6)26-15-13(23)11(21)9(19)7(5-17)25-15/h6-15,17-23H,4-5H2,1-3H3/t6-,7-,8-,9-,10+,11+,12-,13-,14-,15-/m1/s1. The Bertz CT molecular complexity index is 453. The summed E-state index contributed by atoms with van der Waals surface area (Å²) in [7, 11) is 0. The Hall–Kier alpha value is -0.400. The van der Waals surface area contributed by atoms with E-state index < -0.39 is 68.0 Å². The van der Waals surface area contributed by atoms with Crippen molar-refractivity contribution in [2.75, 3.05) is 6.61 Å². The normalized spacial score (nSPS) is 47.8. The van der Waals surface area contributed by atoms with Crippen LogP contribution < -0.4 is 0 Å². The highest BCUT2D eigenvalue weighted by molar-refractivity contribution is 4.93. The van der Waals surface area contributed by atoms with Gasteiger partial charge in [0, 0.05) is 0 Å². The van der Waals surface area contributed by atoms with Crippen molar-refractivity contribution in [3.8, 4) is 0 Å². The molecule has 0 unspecified atom stereocenters. The van der Waals surface area contributed by atoms with Crippen molar-refractivity contribution in [1.82, 2.24) is 0 Å². The average molecular weight is 382 g/mol. The van der Waals surface area contributed by atoms with E-state index >= 15 is 0 Å². The van der Waals surface area contributed by atoms with Crippen LogP contribution in [0.5, 0.6) is 0 Å². The Morgan fingerprint density at radius 1 is 0.692 bits per heavy atom. The zero-order valence-corrected chi connectivity index (χ0v) is 15.0. The number of aliphatic hydroxyl groups excluding tert-OH is 7. The molecule has 7 N–H and O–H groups in total. The summed E-state index contributed by atoms with van der Waals surface area (Å²) in [6.45, 7) is 5.10. The number of ether oxygens (including phenoxy) is 3. The van der Waals surface area contributed by atoms with Crippen LogP contribution >= 0.6 is 0 Å². The fourth-order valence-corrected chi connectivity index (χ4v) is 3.11. The van der Waals surface area contributed by atoms with Gasteiger partial charge in [0.2, 0.25) is 0 Å². The molecule has 0 aromatic carbocycles. The number of aliphatic hydroxyl groups is 7. The molecular weight excluding hydrogens is 352 g/mol. The van der Waals surface area contributed by atoms with Crippen LogP contribution in [0.1, 0.15) is 27.2 Å². The summed E-state index contributed by atoms with van der Waals surface area (Å²) in [6.07, 6.45) is -14.0. The lowest BCUT2D eigenvalue weighted by Gasteiger charge is -2.45. The number of hydrogen-bond acceptors (Lipinski definition) is 10. The van der Waals surface area contributed by atoms with Crippen LogP contribution in [0.3, 0.4) is 0 Å². The summed E-state index contributed by atoms with van der Waals surface area (Å²) < 4.78 is 16.1. The molecular formula is C16H30O10. The zero-order chi connectivity index (χ0) is 19.8. The molecule has 2 heterocycles. The highest BCUT2D eigenvalue weighted by Crippen LogP contribution is 2.32. The Labute approximate surface area is 151 Å². The number of hydrogen-bond donors (Lipinski definition) is 7. The third kappa shape index (κ3) is 4.71.